The van der Waals surface area contributed by atoms with Gasteiger partial charge in [0.15, 0.2) is 17.3 Å². The Morgan fingerprint density at radius 3 is 2.73 bits per heavy atom. The number of hydrogen-bond donors (Lipinski definition) is 0. The smallest absolute Gasteiger partial charge is 0.306 e. The Morgan fingerprint density at radius 2 is 2.00 bits per heavy atom. The van der Waals surface area contributed by atoms with E-state index in [-0.39, 0.29) is 53.6 Å². The lowest BCUT2D eigenvalue weighted by Gasteiger charge is -2.08. The van der Waals surface area contributed by atoms with Crippen molar-refractivity contribution in [2.45, 2.75) is 57.9 Å². The number of ether oxygens (including phenoxy) is 2. The lowest BCUT2D eigenvalue weighted by molar-refractivity contribution is -0.143. The number of esters is 1. The highest BCUT2D eigenvalue weighted by Gasteiger charge is 2.25. The SMILES string of the molecule is CCOC(=O)CCc1cc(C2CC2)cn2cc(Cn3cc(C(=O)CCc4c(C#N)ccc(OC)c4F)nn3)nc12. The highest BCUT2D eigenvalue weighted by Crippen LogP contribution is 2.40. The van der Waals surface area contributed by atoms with Crippen molar-refractivity contribution in [2.75, 3.05) is 13.7 Å². The number of aromatic nitrogens is 5. The van der Waals surface area contributed by atoms with Crippen LogP contribution in [0.3, 0.4) is 0 Å². The van der Waals surface area contributed by atoms with E-state index in [1.807, 2.05) is 16.7 Å². The molecule has 5 rings (SSSR count). The number of rotatable bonds is 12. The first-order chi connectivity index (χ1) is 19.4. The van der Waals surface area contributed by atoms with Crippen LogP contribution in [0.1, 0.15) is 77.0 Å². The molecule has 206 valence electrons. The number of Topliss-reactive ketones (excluding diaryl/α,β-unsaturated/α-hetero) is 1. The lowest BCUT2D eigenvalue weighted by Crippen LogP contribution is -2.06. The van der Waals surface area contributed by atoms with Gasteiger partial charge in [-0.3, -0.25) is 9.59 Å². The molecule has 0 spiro atoms. The van der Waals surface area contributed by atoms with E-state index in [1.165, 1.54) is 35.7 Å². The summed E-state index contributed by atoms with van der Waals surface area (Å²) in [6.07, 6.45) is 8.66. The summed E-state index contributed by atoms with van der Waals surface area (Å²) in [5.74, 6) is -0.635. The fourth-order valence-electron chi connectivity index (χ4n) is 4.76. The van der Waals surface area contributed by atoms with Crippen molar-refractivity contribution in [3.05, 3.63) is 76.2 Å². The molecule has 1 fully saturated rings. The van der Waals surface area contributed by atoms with Gasteiger partial charge in [-0.25, -0.2) is 14.1 Å². The van der Waals surface area contributed by atoms with Gasteiger partial charge in [0.05, 0.1) is 43.8 Å². The monoisotopic (exact) mass is 544 g/mol. The average Bonchev–Trinajstić information content (AvgIpc) is 3.56. The van der Waals surface area contributed by atoms with E-state index in [2.05, 4.69) is 22.6 Å². The van der Waals surface area contributed by atoms with Crippen LogP contribution in [0.25, 0.3) is 5.65 Å². The molecule has 3 aromatic heterocycles. The number of imidazole rings is 1. The summed E-state index contributed by atoms with van der Waals surface area (Å²) in [7, 11) is 1.34. The Kier molecular flexibility index (Phi) is 7.86. The van der Waals surface area contributed by atoms with Crippen LogP contribution in [0.4, 0.5) is 4.39 Å². The number of benzene rings is 1. The van der Waals surface area contributed by atoms with Gasteiger partial charge < -0.3 is 13.9 Å². The molecule has 0 N–H and O–H groups in total. The Labute approximate surface area is 230 Å². The first-order valence-corrected chi connectivity index (χ1v) is 13.2. The standard InChI is InChI=1S/C29H29FN6O4/c1-3-40-27(38)11-7-19-12-21(18-4-5-18)14-35-15-22(32-29(19)35)16-36-17-24(33-34-36)25(37)9-8-23-20(13-31)6-10-26(39-2)28(23)30/h6,10,12,14-15,17-18H,3-5,7-9,11,16H2,1-2H3. The zero-order valence-corrected chi connectivity index (χ0v) is 22.4. The van der Waals surface area contributed by atoms with E-state index < -0.39 is 5.82 Å². The molecule has 11 heteroatoms. The zero-order valence-electron chi connectivity index (χ0n) is 22.4. The van der Waals surface area contributed by atoms with Crippen molar-refractivity contribution in [2.24, 2.45) is 0 Å². The summed E-state index contributed by atoms with van der Waals surface area (Å²) in [6, 6.07) is 6.96. The number of aryl methyl sites for hydroxylation is 1. The molecule has 1 saturated carbocycles. The minimum Gasteiger partial charge on any atom is -0.494 e. The van der Waals surface area contributed by atoms with Crippen LogP contribution in [-0.4, -0.2) is 49.8 Å². The molecule has 1 aliphatic carbocycles. The number of hydrogen-bond acceptors (Lipinski definition) is 8. The van der Waals surface area contributed by atoms with Gasteiger partial charge in [0.1, 0.15) is 11.3 Å². The predicted molar refractivity (Wildman–Crippen MR) is 142 cm³/mol. The number of ketones is 1. The molecule has 10 nitrogen and oxygen atoms in total. The summed E-state index contributed by atoms with van der Waals surface area (Å²) >= 11 is 0. The Morgan fingerprint density at radius 1 is 1.18 bits per heavy atom. The third-order valence-electron chi connectivity index (χ3n) is 6.95. The third-order valence-corrected chi connectivity index (χ3v) is 6.95. The molecular weight excluding hydrogens is 515 g/mol. The van der Waals surface area contributed by atoms with Crippen molar-refractivity contribution >= 4 is 17.4 Å². The average molecular weight is 545 g/mol. The van der Waals surface area contributed by atoms with E-state index in [0.29, 0.717) is 25.5 Å². The maximum absolute atomic E-state index is 14.7. The Balaban J connectivity index is 1.29. The summed E-state index contributed by atoms with van der Waals surface area (Å²) in [6.45, 7) is 2.44. The fraction of sp³-hybridized carbons (Fsp3) is 0.379. The molecule has 40 heavy (non-hydrogen) atoms. The molecule has 1 aromatic carbocycles. The topological polar surface area (TPSA) is 124 Å². The van der Waals surface area contributed by atoms with Crippen LogP contribution >= 0.6 is 0 Å². The Bertz CT molecular complexity index is 1610. The maximum atomic E-state index is 14.7. The van der Waals surface area contributed by atoms with E-state index in [1.54, 1.807) is 6.92 Å². The van der Waals surface area contributed by atoms with E-state index >= 15 is 0 Å². The second kappa shape index (κ2) is 11.7. The summed E-state index contributed by atoms with van der Waals surface area (Å²) < 4.78 is 28.3. The lowest BCUT2D eigenvalue weighted by atomic mass is 10.0. The number of nitriles is 1. The molecule has 3 heterocycles. The maximum Gasteiger partial charge on any atom is 0.306 e. The zero-order chi connectivity index (χ0) is 28.2. The second-order valence-corrected chi connectivity index (χ2v) is 9.79. The Hall–Kier alpha value is -4.59. The largest absolute Gasteiger partial charge is 0.494 e. The van der Waals surface area contributed by atoms with Gasteiger partial charge in [0.2, 0.25) is 0 Å². The van der Waals surface area contributed by atoms with Crippen molar-refractivity contribution in [1.29, 1.82) is 5.26 Å². The van der Waals surface area contributed by atoms with Crippen LogP contribution in [-0.2, 0) is 28.9 Å². The van der Waals surface area contributed by atoms with Crippen LogP contribution in [0.2, 0.25) is 0 Å². The minimum absolute atomic E-state index is 0.0214. The van der Waals surface area contributed by atoms with Gasteiger partial charge in [0, 0.05) is 30.8 Å². The molecule has 0 unspecified atom stereocenters. The van der Waals surface area contributed by atoms with E-state index in [0.717, 1.165) is 29.7 Å². The van der Waals surface area contributed by atoms with Crippen LogP contribution in [0.15, 0.2) is 36.8 Å². The first kappa shape index (κ1) is 27.0. The van der Waals surface area contributed by atoms with Crippen molar-refractivity contribution in [3.8, 4) is 11.8 Å². The number of halogens is 1. The van der Waals surface area contributed by atoms with Gasteiger partial charge >= 0.3 is 5.97 Å². The molecule has 4 aromatic rings. The number of carbonyl (C=O) groups excluding carboxylic acids is 2. The first-order valence-electron chi connectivity index (χ1n) is 13.2. The molecule has 1 aliphatic rings. The quantitative estimate of drug-likeness (QED) is 0.192. The van der Waals surface area contributed by atoms with Gasteiger partial charge in [-0.05, 0) is 61.8 Å². The number of methoxy groups -OCH3 is 1. The highest BCUT2D eigenvalue weighted by atomic mass is 19.1. The predicted octanol–water partition coefficient (Wildman–Crippen LogP) is 4.18. The second-order valence-electron chi connectivity index (χ2n) is 9.79. The van der Waals surface area contributed by atoms with Crippen molar-refractivity contribution < 1.29 is 23.5 Å². The van der Waals surface area contributed by atoms with E-state index in [9.17, 15) is 19.2 Å². The number of carbonyl (C=O) groups is 2. The van der Waals surface area contributed by atoms with Crippen molar-refractivity contribution in [3.63, 3.8) is 0 Å². The summed E-state index contributed by atoms with van der Waals surface area (Å²) in [4.78, 5) is 29.5. The number of fused-ring (bicyclic) bond motifs is 1. The number of pyridine rings is 1. The minimum atomic E-state index is -0.642. The highest BCUT2D eigenvalue weighted by molar-refractivity contribution is 5.94. The fourth-order valence-corrected chi connectivity index (χ4v) is 4.76. The van der Waals surface area contributed by atoms with Gasteiger partial charge in [-0.2, -0.15) is 5.26 Å². The van der Waals surface area contributed by atoms with Gasteiger partial charge in [0.25, 0.3) is 0 Å². The number of nitrogens with zero attached hydrogens (tertiary/aromatic N) is 6. The normalized spacial score (nSPS) is 12.8. The molecular formula is C29H29FN6O4. The van der Waals surface area contributed by atoms with E-state index in [4.69, 9.17) is 14.5 Å². The van der Waals surface area contributed by atoms with Gasteiger partial charge in [-0.1, -0.05) is 11.3 Å². The molecule has 0 atom stereocenters. The molecule has 0 radical (unpaired) electrons. The third kappa shape index (κ3) is 5.86. The van der Waals surface area contributed by atoms with Crippen molar-refractivity contribution in [1.82, 2.24) is 24.4 Å². The van der Waals surface area contributed by atoms with Crippen LogP contribution < -0.4 is 4.74 Å². The van der Waals surface area contributed by atoms with Gasteiger partial charge in [-0.15, -0.1) is 5.10 Å². The molecule has 0 bridgehead atoms. The summed E-state index contributed by atoms with van der Waals surface area (Å²) in [5, 5.41) is 17.4. The van der Waals surface area contributed by atoms with Crippen LogP contribution in [0, 0.1) is 17.1 Å². The van der Waals surface area contributed by atoms with Crippen LogP contribution in [0.5, 0.6) is 5.75 Å². The molecule has 0 amide bonds. The molecule has 0 aliphatic heterocycles. The summed E-state index contributed by atoms with van der Waals surface area (Å²) in [5.41, 5.74) is 4.16. The molecule has 0 saturated heterocycles.